The molecule has 16 heavy (non-hydrogen) atoms. The Bertz CT molecular complexity index is 312. The zero-order chi connectivity index (χ0) is 12.0. The van der Waals surface area contributed by atoms with Crippen molar-refractivity contribution in [1.82, 2.24) is 15.1 Å². The van der Waals surface area contributed by atoms with Crippen LogP contribution in [0.3, 0.4) is 0 Å². The number of rotatable bonds is 7. The maximum absolute atomic E-state index is 6.09. The second-order valence-corrected chi connectivity index (χ2v) is 4.38. The van der Waals surface area contributed by atoms with Crippen LogP contribution in [-0.4, -0.2) is 36.6 Å². The van der Waals surface area contributed by atoms with Gasteiger partial charge >= 0.3 is 0 Å². The molecule has 1 heterocycles. The number of methoxy groups -OCH3 is 1. The Kier molecular flexibility index (Phi) is 5.80. The Morgan fingerprint density at radius 3 is 2.88 bits per heavy atom. The third-order valence-electron chi connectivity index (χ3n) is 2.36. The molecule has 1 aromatic rings. The van der Waals surface area contributed by atoms with Crippen LogP contribution in [-0.2, 0) is 11.2 Å². The van der Waals surface area contributed by atoms with Crippen molar-refractivity contribution >= 4 is 11.6 Å². The molecule has 0 amide bonds. The van der Waals surface area contributed by atoms with E-state index in [0.717, 1.165) is 36.8 Å². The molecule has 0 fully saturated rings. The maximum Gasteiger partial charge on any atom is 0.0818 e. The fourth-order valence-electron chi connectivity index (χ4n) is 1.55. The van der Waals surface area contributed by atoms with Gasteiger partial charge in [-0.25, -0.2) is 0 Å². The summed E-state index contributed by atoms with van der Waals surface area (Å²) in [7, 11) is 1.70. The van der Waals surface area contributed by atoms with E-state index in [1.165, 1.54) is 0 Å². The van der Waals surface area contributed by atoms with Crippen molar-refractivity contribution in [2.24, 2.45) is 0 Å². The lowest BCUT2D eigenvalue weighted by molar-refractivity contribution is 0.199. The first-order chi connectivity index (χ1) is 7.66. The summed E-state index contributed by atoms with van der Waals surface area (Å²) in [5.74, 6) is 0. The van der Waals surface area contributed by atoms with E-state index in [0.29, 0.717) is 6.04 Å². The highest BCUT2D eigenvalue weighted by Gasteiger charge is 2.10. The van der Waals surface area contributed by atoms with Crippen LogP contribution in [0.2, 0.25) is 5.02 Å². The van der Waals surface area contributed by atoms with Crippen molar-refractivity contribution < 1.29 is 4.74 Å². The average molecular weight is 246 g/mol. The summed E-state index contributed by atoms with van der Waals surface area (Å²) in [5, 5.41) is 8.31. The van der Waals surface area contributed by atoms with Gasteiger partial charge in [0, 0.05) is 32.7 Å². The SMILES string of the molecule is COCCNCCc1c(Cl)cnn1C(C)C. The van der Waals surface area contributed by atoms with Crippen molar-refractivity contribution in [1.29, 1.82) is 0 Å². The van der Waals surface area contributed by atoms with Crippen LogP contribution in [0.1, 0.15) is 25.6 Å². The van der Waals surface area contributed by atoms with Crippen molar-refractivity contribution in [3.8, 4) is 0 Å². The Labute approximate surface area is 102 Å². The summed E-state index contributed by atoms with van der Waals surface area (Å²) in [4.78, 5) is 0. The molecule has 0 radical (unpaired) electrons. The van der Waals surface area contributed by atoms with Crippen molar-refractivity contribution in [3.63, 3.8) is 0 Å². The predicted octanol–water partition coefficient (Wildman–Crippen LogP) is 1.90. The van der Waals surface area contributed by atoms with Crippen LogP contribution in [0.15, 0.2) is 6.20 Å². The fraction of sp³-hybridized carbons (Fsp3) is 0.727. The van der Waals surface area contributed by atoms with E-state index in [-0.39, 0.29) is 0 Å². The lowest BCUT2D eigenvalue weighted by Gasteiger charge is -2.11. The van der Waals surface area contributed by atoms with Gasteiger partial charge in [0.05, 0.1) is 23.5 Å². The molecule has 0 atom stereocenters. The average Bonchev–Trinajstić information content (AvgIpc) is 2.60. The fourth-order valence-corrected chi connectivity index (χ4v) is 1.78. The smallest absolute Gasteiger partial charge is 0.0818 e. The number of hydrogen-bond donors (Lipinski definition) is 1. The zero-order valence-electron chi connectivity index (χ0n) is 10.2. The van der Waals surface area contributed by atoms with Gasteiger partial charge in [-0.1, -0.05) is 11.6 Å². The van der Waals surface area contributed by atoms with Gasteiger partial charge < -0.3 is 10.1 Å². The maximum atomic E-state index is 6.09. The molecular weight excluding hydrogens is 226 g/mol. The number of nitrogens with zero attached hydrogens (tertiary/aromatic N) is 2. The van der Waals surface area contributed by atoms with Gasteiger partial charge in [-0.2, -0.15) is 5.10 Å². The molecule has 1 aromatic heterocycles. The first kappa shape index (κ1) is 13.5. The first-order valence-corrected chi connectivity index (χ1v) is 5.96. The van der Waals surface area contributed by atoms with E-state index in [4.69, 9.17) is 16.3 Å². The second-order valence-electron chi connectivity index (χ2n) is 3.97. The molecule has 0 saturated heterocycles. The standard InChI is InChI=1S/C11H20ClN3O/c1-9(2)15-11(10(12)8-14-15)4-5-13-6-7-16-3/h8-9,13H,4-7H2,1-3H3. The van der Waals surface area contributed by atoms with Crippen LogP contribution >= 0.6 is 11.6 Å². The molecule has 92 valence electrons. The molecule has 0 unspecified atom stereocenters. The van der Waals surface area contributed by atoms with E-state index < -0.39 is 0 Å². The molecule has 0 saturated carbocycles. The zero-order valence-corrected chi connectivity index (χ0v) is 10.9. The number of hydrogen-bond acceptors (Lipinski definition) is 3. The predicted molar refractivity (Wildman–Crippen MR) is 66.1 cm³/mol. The minimum Gasteiger partial charge on any atom is -0.383 e. The Hall–Kier alpha value is -0.580. The van der Waals surface area contributed by atoms with Crippen LogP contribution in [0.25, 0.3) is 0 Å². The van der Waals surface area contributed by atoms with Gasteiger partial charge in [-0.05, 0) is 13.8 Å². The van der Waals surface area contributed by atoms with Gasteiger partial charge in [0.2, 0.25) is 0 Å². The van der Waals surface area contributed by atoms with E-state index in [1.54, 1.807) is 13.3 Å². The van der Waals surface area contributed by atoms with Gasteiger partial charge in [-0.3, -0.25) is 4.68 Å². The summed E-state index contributed by atoms with van der Waals surface area (Å²) in [6.07, 6.45) is 2.60. The number of ether oxygens (including phenoxy) is 1. The van der Waals surface area contributed by atoms with E-state index in [1.807, 2.05) is 4.68 Å². The third kappa shape index (κ3) is 3.77. The van der Waals surface area contributed by atoms with Crippen LogP contribution in [0, 0.1) is 0 Å². The number of aromatic nitrogens is 2. The molecule has 0 aliphatic heterocycles. The van der Waals surface area contributed by atoms with E-state index >= 15 is 0 Å². The van der Waals surface area contributed by atoms with E-state index in [9.17, 15) is 0 Å². The molecule has 0 aliphatic rings. The third-order valence-corrected chi connectivity index (χ3v) is 2.67. The number of halogens is 1. The molecule has 1 rings (SSSR count). The molecular formula is C11H20ClN3O. The lowest BCUT2D eigenvalue weighted by Crippen LogP contribution is -2.23. The highest BCUT2D eigenvalue weighted by atomic mass is 35.5. The number of nitrogens with one attached hydrogen (secondary N) is 1. The molecule has 0 aliphatic carbocycles. The summed E-state index contributed by atoms with van der Waals surface area (Å²) >= 11 is 6.09. The van der Waals surface area contributed by atoms with Crippen LogP contribution < -0.4 is 5.32 Å². The first-order valence-electron chi connectivity index (χ1n) is 5.58. The van der Waals surface area contributed by atoms with Gasteiger partial charge in [-0.15, -0.1) is 0 Å². The molecule has 0 spiro atoms. The normalized spacial score (nSPS) is 11.3. The minimum absolute atomic E-state index is 0.349. The van der Waals surface area contributed by atoms with Crippen molar-refractivity contribution in [2.75, 3.05) is 26.8 Å². The Balaban J connectivity index is 2.43. The van der Waals surface area contributed by atoms with Crippen LogP contribution in [0.5, 0.6) is 0 Å². The van der Waals surface area contributed by atoms with Gasteiger partial charge in [0.15, 0.2) is 0 Å². The molecule has 4 nitrogen and oxygen atoms in total. The van der Waals surface area contributed by atoms with Crippen LogP contribution in [0.4, 0.5) is 0 Å². The summed E-state index contributed by atoms with van der Waals surface area (Å²) < 4.78 is 6.93. The van der Waals surface area contributed by atoms with Gasteiger partial charge in [0.1, 0.15) is 0 Å². The highest BCUT2D eigenvalue weighted by molar-refractivity contribution is 6.31. The Morgan fingerprint density at radius 1 is 1.50 bits per heavy atom. The highest BCUT2D eigenvalue weighted by Crippen LogP contribution is 2.18. The monoisotopic (exact) mass is 245 g/mol. The quantitative estimate of drug-likeness (QED) is 0.746. The largest absolute Gasteiger partial charge is 0.383 e. The molecule has 1 N–H and O–H groups in total. The topological polar surface area (TPSA) is 39.1 Å². The second kappa shape index (κ2) is 6.89. The lowest BCUT2D eigenvalue weighted by atomic mass is 10.3. The Morgan fingerprint density at radius 2 is 2.25 bits per heavy atom. The summed E-state index contributed by atoms with van der Waals surface area (Å²) in [6, 6.07) is 0.349. The van der Waals surface area contributed by atoms with Crippen molar-refractivity contribution in [2.45, 2.75) is 26.3 Å². The van der Waals surface area contributed by atoms with Gasteiger partial charge in [0.25, 0.3) is 0 Å². The molecule has 5 heteroatoms. The van der Waals surface area contributed by atoms with E-state index in [2.05, 4.69) is 24.3 Å². The summed E-state index contributed by atoms with van der Waals surface area (Å²) in [5.41, 5.74) is 1.10. The molecule has 0 aromatic carbocycles. The molecule has 0 bridgehead atoms. The van der Waals surface area contributed by atoms with Crippen molar-refractivity contribution in [3.05, 3.63) is 16.9 Å². The summed E-state index contributed by atoms with van der Waals surface area (Å²) in [6.45, 7) is 6.69. The minimum atomic E-state index is 0.349.